The molecule has 30 heavy (non-hydrogen) atoms. The molecule has 1 saturated carbocycles. The lowest BCUT2D eigenvalue weighted by atomic mass is 9.77. The first-order valence-corrected chi connectivity index (χ1v) is 10.1. The van der Waals surface area contributed by atoms with E-state index in [0.29, 0.717) is 36.8 Å². The van der Waals surface area contributed by atoms with Crippen LogP contribution >= 0.6 is 0 Å². The predicted molar refractivity (Wildman–Crippen MR) is 110 cm³/mol. The molecule has 2 N–H and O–H groups in total. The molecule has 1 spiro atoms. The molecule has 9 nitrogen and oxygen atoms in total. The second kappa shape index (κ2) is 8.91. The molecule has 1 aliphatic carbocycles. The summed E-state index contributed by atoms with van der Waals surface area (Å²) in [6.45, 7) is 2.60. The van der Waals surface area contributed by atoms with Gasteiger partial charge in [0.25, 0.3) is 11.8 Å². The van der Waals surface area contributed by atoms with Crippen molar-refractivity contribution in [1.29, 1.82) is 0 Å². The van der Waals surface area contributed by atoms with Crippen molar-refractivity contribution in [3.8, 4) is 11.5 Å². The topological polar surface area (TPSA) is 100 Å². The summed E-state index contributed by atoms with van der Waals surface area (Å²) in [5.74, 6) is 1.07. The number of benzene rings is 1. The van der Waals surface area contributed by atoms with Gasteiger partial charge in [0.1, 0.15) is 17.0 Å². The van der Waals surface area contributed by atoms with Crippen LogP contribution in [-0.2, 0) is 16.1 Å². The summed E-state index contributed by atoms with van der Waals surface area (Å²) >= 11 is 0. The molecule has 0 radical (unpaired) electrons. The van der Waals surface area contributed by atoms with E-state index in [2.05, 4.69) is 17.7 Å². The van der Waals surface area contributed by atoms with Gasteiger partial charge in [-0.2, -0.15) is 5.01 Å². The number of methoxy groups -OCH3 is 2. The Morgan fingerprint density at radius 1 is 1.27 bits per heavy atom. The maximum atomic E-state index is 12.8. The van der Waals surface area contributed by atoms with Gasteiger partial charge < -0.3 is 14.8 Å². The molecule has 164 valence electrons. The summed E-state index contributed by atoms with van der Waals surface area (Å²) in [6.07, 6.45) is 2.95. The van der Waals surface area contributed by atoms with Gasteiger partial charge in [-0.3, -0.25) is 19.9 Å². The van der Waals surface area contributed by atoms with Crippen LogP contribution in [0.3, 0.4) is 0 Å². The number of urea groups is 1. The van der Waals surface area contributed by atoms with Gasteiger partial charge in [0.15, 0.2) is 0 Å². The van der Waals surface area contributed by atoms with Crippen molar-refractivity contribution in [3.63, 3.8) is 0 Å². The highest BCUT2D eigenvalue weighted by Crippen LogP contribution is 2.35. The molecule has 1 aromatic carbocycles. The minimum Gasteiger partial charge on any atom is -0.497 e. The summed E-state index contributed by atoms with van der Waals surface area (Å²) in [4.78, 5) is 39.4. The Morgan fingerprint density at radius 2 is 1.97 bits per heavy atom. The lowest BCUT2D eigenvalue weighted by Crippen LogP contribution is -2.52. The average Bonchev–Trinajstić information content (AvgIpc) is 2.94. The molecule has 4 amide bonds. The molecule has 1 aromatic rings. The van der Waals surface area contributed by atoms with Crippen LogP contribution in [-0.4, -0.2) is 61.1 Å². The van der Waals surface area contributed by atoms with Crippen LogP contribution in [0.15, 0.2) is 18.2 Å². The smallest absolute Gasteiger partial charge is 0.344 e. The van der Waals surface area contributed by atoms with Crippen LogP contribution in [0.4, 0.5) is 4.79 Å². The summed E-state index contributed by atoms with van der Waals surface area (Å²) in [5, 5.41) is 3.63. The van der Waals surface area contributed by atoms with E-state index < -0.39 is 17.5 Å². The van der Waals surface area contributed by atoms with Crippen molar-refractivity contribution in [2.24, 2.45) is 5.92 Å². The van der Waals surface area contributed by atoms with Crippen LogP contribution in [0.5, 0.6) is 11.5 Å². The highest BCUT2D eigenvalue weighted by Gasteiger charge is 2.52. The molecular formula is C21H30N4O5. The Hall–Kier alpha value is -2.81. The van der Waals surface area contributed by atoms with E-state index in [0.717, 1.165) is 23.4 Å². The number of nitrogens with one attached hydrogen (secondary N) is 2. The van der Waals surface area contributed by atoms with Crippen LogP contribution in [0, 0.1) is 5.92 Å². The van der Waals surface area contributed by atoms with Crippen LogP contribution < -0.4 is 20.2 Å². The standard InChI is InChI=1S/C21H30N4O5/c1-14-7-9-21(10-8-14)19(27)25(20(28)22-21)23-18(26)13-24(2)12-15-5-6-16(29-3)11-17(15)30-4/h5-6,11,14H,7-10,12-13H2,1-4H3,(H,22,28)(H,23,26). The number of imide groups is 1. The number of rotatable bonds is 7. The highest BCUT2D eigenvalue weighted by atomic mass is 16.5. The predicted octanol–water partition coefficient (Wildman–Crippen LogP) is 1.67. The first-order valence-electron chi connectivity index (χ1n) is 10.1. The number of carbonyl (C=O) groups excluding carboxylic acids is 3. The molecule has 3 rings (SSSR count). The van der Waals surface area contributed by atoms with Crippen molar-refractivity contribution in [1.82, 2.24) is 20.7 Å². The van der Waals surface area contributed by atoms with Gasteiger partial charge in [0.2, 0.25) is 0 Å². The number of hydrogen-bond donors (Lipinski definition) is 2. The quantitative estimate of drug-likeness (QED) is 0.654. The van der Waals surface area contributed by atoms with E-state index in [1.165, 1.54) is 0 Å². The Balaban J connectivity index is 1.58. The van der Waals surface area contributed by atoms with E-state index >= 15 is 0 Å². The maximum Gasteiger partial charge on any atom is 0.344 e. The van der Waals surface area contributed by atoms with Crippen molar-refractivity contribution < 1.29 is 23.9 Å². The first-order chi connectivity index (χ1) is 14.3. The molecule has 1 saturated heterocycles. The molecule has 1 aliphatic heterocycles. The maximum absolute atomic E-state index is 12.8. The summed E-state index contributed by atoms with van der Waals surface area (Å²) in [7, 11) is 4.93. The lowest BCUT2D eigenvalue weighted by Gasteiger charge is -2.33. The van der Waals surface area contributed by atoms with E-state index in [1.54, 1.807) is 32.2 Å². The fourth-order valence-corrected chi connectivity index (χ4v) is 4.05. The molecule has 0 unspecified atom stereocenters. The van der Waals surface area contributed by atoms with E-state index in [4.69, 9.17) is 9.47 Å². The molecular weight excluding hydrogens is 388 g/mol. The van der Waals surface area contributed by atoms with E-state index in [1.807, 2.05) is 12.1 Å². The second-order valence-electron chi connectivity index (χ2n) is 8.22. The Kier molecular flexibility index (Phi) is 6.50. The van der Waals surface area contributed by atoms with Crippen LogP contribution in [0.1, 0.15) is 38.2 Å². The molecule has 2 fully saturated rings. The Labute approximate surface area is 176 Å². The van der Waals surface area contributed by atoms with Gasteiger partial charge in [0, 0.05) is 18.2 Å². The monoisotopic (exact) mass is 418 g/mol. The van der Waals surface area contributed by atoms with Crippen molar-refractivity contribution in [2.75, 3.05) is 27.8 Å². The number of amides is 4. The SMILES string of the molecule is COc1ccc(CN(C)CC(=O)NN2C(=O)NC3(CCC(C)CC3)C2=O)c(OC)c1. The zero-order valence-corrected chi connectivity index (χ0v) is 18.0. The lowest BCUT2D eigenvalue weighted by molar-refractivity contribution is -0.140. The number of hydrazine groups is 1. The second-order valence-corrected chi connectivity index (χ2v) is 8.22. The third-order valence-corrected chi connectivity index (χ3v) is 5.87. The van der Waals surface area contributed by atoms with Crippen molar-refractivity contribution in [3.05, 3.63) is 23.8 Å². The van der Waals surface area contributed by atoms with Crippen molar-refractivity contribution in [2.45, 2.75) is 44.7 Å². The fourth-order valence-electron chi connectivity index (χ4n) is 4.05. The zero-order chi connectivity index (χ0) is 21.9. The van der Waals surface area contributed by atoms with Gasteiger partial charge in [-0.05, 0) is 44.7 Å². The first kappa shape index (κ1) is 21.9. The fraction of sp³-hybridized carbons (Fsp3) is 0.571. The number of carbonyl (C=O) groups is 3. The van der Waals surface area contributed by atoms with Gasteiger partial charge in [0.05, 0.1) is 20.8 Å². The molecule has 1 heterocycles. The normalized spacial score (nSPS) is 23.6. The molecule has 2 aliphatic rings. The van der Waals surface area contributed by atoms with Crippen LogP contribution in [0.25, 0.3) is 0 Å². The number of hydrogen-bond acceptors (Lipinski definition) is 6. The Morgan fingerprint density at radius 3 is 2.60 bits per heavy atom. The van der Waals surface area contributed by atoms with E-state index in [-0.39, 0.29) is 12.5 Å². The largest absolute Gasteiger partial charge is 0.497 e. The van der Waals surface area contributed by atoms with Gasteiger partial charge >= 0.3 is 6.03 Å². The molecule has 0 atom stereocenters. The summed E-state index contributed by atoms with van der Waals surface area (Å²) in [6, 6.07) is 4.91. The molecule has 0 aromatic heterocycles. The van der Waals surface area contributed by atoms with Gasteiger partial charge in [-0.15, -0.1) is 0 Å². The van der Waals surface area contributed by atoms with Gasteiger partial charge in [-0.25, -0.2) is 4.79 Å². The Bertz CT molecular complexity index is 820. The zero-order valence-electron chi connectivity index (χ0n) is 18.0. The number of likely N-dealkylation sites (N-methyl/N-ethyl adjacent to an activating group) is 1. The molecule has 0 bridgehead atoms. The summed E-state index contributed by atoms with van der Waals surface area (Å²) in [5.41, 5.74) is 2.48. The molecule has 9 heteroatoms. The third-order valence-electron chi connectivity index (χ3n) is 5.87. The van der Waals surface area contributed by atoms with E-state index in [9.17, 15) is 14.4 Å². The average molecular weight is 418 g/mol. The van der Waals surface area contributed by atoms with Gasteiger partial charge in [-0.1, -0.05) is 13.0 Å². The number of nitrogens with zero attached hydrogens (tertiary/aromatic N) is 2. The van der Waals surface area contributed by atoms with Crippen LogP contribution in [0.2, 0.25) is 0 Å². The summed E-state index contributed by atoms with van der Waals surface area (Å²) < 4.78 is 10.6. The minimum atomic E-state index is -0.876. The number of ether oxygens (including phenoxy) is 2. The minimum absolute atomic E-state index is 0.0102. The highest BCUT2D eigenvalue weighted by molar-refractivity contribution is 6.08. The van der Waals surface area contributed by atoms with Crippen molar-refractivity contribution >= 4 is 17.8 Å². The third kappa shape index (κ3) is 4.51.